The van der Waals surface area contributed by atoms with E-state index in [1.807, 2.05) is 7.05 Å². The predicted molar refractivity (Wildman–Crippen MR) is 50.4 cm³/mol. The first kappa shape index (κ1) is 9.73. The minimum absolute atomic E-state index is 0.00907. The van der Waals surface area contributed by atoms with Crippen LogP contribution in [-0.2, 0) is 4.79 Å². The summed E-state index contributed by atoms with van der Waals surface area (Å²) in [6, 6.07) is 0. The molecule has 5 heteroatoms. The maximum atomic E-state index is 11.2. The van der Waals surface area contributed by atoms with Crippen molar-refractivity contribution in [3.05, 3.63) is 12.4 Å². The summed E-state index contributed by atoms with van der Waals surface area (Å²) in [6.07, 6.45) is 4.62. The van der Waals surface area contributed by atoms with E-state index in [0.717, 1.165) is 13.0 Å². The van der Waals surface area contributed by atoms with Gasteiger partial charge in [0.25, 0.3) is 0 Å². The van der Waals surface area contributed by atoms with Crippen molar-refractivity contribution in [3.8, 4) is 0 Å². The van der Waals surface area contributed by atoms with Crippen molar-refractivity contribution in [3.63, 3.8) is 0 Å². The number of rotatable bonds is 5. The van der Waals surface area contributed by atoms with Crippen molar-refractivity contribution in [2.75, 3.05) is 18.9 Å². The van der Waals surface area contributed by atoms with Crippen molar-refractivity contribution in [1.29, 1.82) is 0 Å². The lowest BCUT2D eigenvalue weighted by atomic mass is 10.3. The van der Waals surface area contributed by atoms with Gasteiger partial charge in [-0.1, -0.05) is 0 Å². The molecule has 72 valence electrons. The van der Waals surface area contributed by atoms with Crippen LogP contribution in [-0.4, -0.2) is 29.5 Å². The van der Waals surface area contributed by atoms with E-state index in [1.54, 1.807) is 12.4 Å². The third-order valence-electron chi connectivity index (χ3n) is 1.59. The van der Waals surface area contributed by atoms with E-state index < -0.39 is 0 Å². The molecule has 0 unspecified atom stereocenters. The van der Waals surface area contributed by atoms with Crippen LogP contribution >= 0.6 is 0 Å². The zero-order valence-corrected chi connectivity index (χ0v) is 7.63. The third-order valence-corrected chi connectivity index (χ3v) is 1.59. The molecule has 5 nitrogen and oxygen atoms in total. The van der Waals surface area contributed by atoms with Gasteiger partial charge in [0.1, 0.15) is 0 Å². The molecule has 0 aliphatic carbocycles. The fraction of sp³-hybridized carbons (Fsp3) is 0.500. The standard InChI is InChI=1S/C8H14N4O/c1-9-4-2-3-7(13)12-8-10-5-6-11-8/h5-6,9H,2-4H2,1H3,(H2,10,11,12,13). The summed E-state index contributed by atoms with van der Waals surface area (Å²) < 4.78 is 0. The van der Waals surface area contributed by atoms with Crippen LogP contribution in [0.3, 0.4) is 0 Å². The first-order valence-corrected chi connectivity index (χ1v) is 4.27. The van der Waals surface area contributed by atoms with E-state index in [9.17, 15) is 4.79 Å². The van der Waals surface area contributed by atoms with Gasteiger partial charge in [-0.15, -0.1) is 0 Å². The van der Waals surface area contributed by atoms with Gasteiger partial charge in [-0.2, -0.15) is 0 Å². The molecule has 3 N–H and O–H groups in total. The van der Waals surface area contributed by atoms with Gasteiger partial charge in [-0.3, -0.25) is 10.1 Å². The van der Waals surface area contributed by atoms with Gasteiger partial charge >= 0.3 is 0 Å². The van der Waals surface area contributed by atoms with Crippen LogP contribution in [0, 0.1) is 0 Å². The highest BCUT2D eigenvalue weighted by atomic mass is 16.1. The molecular weight excluding hydrogens is 168 g/mol. The molecule has 0 saturated carbocycles. The molecule has 1 rings (SSSR count). The molecule has 0 aliphatic rings. The highest BCUT2D eigenvalue weighted by Crippen LogP contribution is 1.97. The molecule has 0 fully saturated rings. The number of nitrogens with one attached hydrogen (secondary N) is 3. The smallest absolute Gasteiger partial charge is 0.226 e. The van der Waals surface area contributed by atoms with E-state index in [4.69, 9.17) is 0 Å². The predicted octanol–water partition coefficient (Wildman–Crippen LogP) is 0.348. The second-order valence-corrected chi connectivity index (χ2v) is 2.69. The minimum atomic E-state index is -0.00907. The second-order valence-electron chi connectivity index (χ2n) is 2.69. The van der Waals surface area contributed by atoms with E-state index in [2.05, 4.69) is 20.6 Å². The maximum absolute atomic E-state index is 11.2. The number of amides is 1. The Labute approximate surface area is 76.9 Å². The summed E-state index contributed by atoms with van der Waals surface area (Å²) in [6.45, 7) is 0.853. The molecule has 0 radical (unpaired) electrons. The average molecular weight is 182 g/mol. The number of aromatic amines is 1. The number of aromatic nitrogens is 2. The Morgan fingerprint density at radius 1 is 1.69 bits per heavy atom. The number of nitrogens with zero attached hydrogens (tertiary/aromatic N) is 1. The lowest BCUT2D eigenvalue weighted by Crippen LogP contribution is -2.15. The first-order valence-electron chi connectivity index (χ1n) is 4.27. The SMILES string of the molecule is CNCCCC(=O)Nc1ncc[nH]1. The van der Waals surface area contributed by atoms with Crippen LogP contribution in [0.1, 0.15) is 12.8 Å². The molecule has 13 heavy (non-hydrogen) atoms. The Balaban J connectivity index is 2.18. The highest BCUT2D eigenvalue weighted by molar-refractivity contribution is 5.88. The van der Waals surface area contributed by atoms with Crippen LogP contribution in [0.5, 0.6) is 0 Å². The van der Waals surface area contributed by atoms with Crippen molar-refractivity contribution in [2.24, 2.45) is 0 Å². The molecule has 0 atom stereocenters. The molecule has 1 aromatic rings. The monoisotopic (exact) mass is 182 g/mol. The quantitative estimate of drug-likeness (QED) is 0.575. The number of hydrogen-bond acceptors (Lipinski definition) is 3. The zero-order chi connectivity index (χ0) is 9.52. The molecule has 0 saturated heterocycles. The molecule has 0 spiro atoms. The van der Waals surface area contributed by atoms with E-state index in [1.165, 1.54) is 0 Å². The summed E-state index contributed by atoms with van der Waals surface area (Å²) in [5.41, 5.74) is 0. The normalized spacial score (nSPS) is 9.92. The van der Waals surface area contributed by atoms with Gasteiger partial charge in [0, 0.05) is 18.8 Å². The van der Waals surface area contributed by atoms with Crippen LogP contribution < -0.4 is 10.6 Å². The zero-order valence-electron chi connectivity index (χ0n) is 7.63. The minimum Gasteiger partial charge on any atom is -0.331 e. The Morgan fingerprint density at radius 3 is 3.15 bits per heavy atom. The van der Waals surface area contributed by atoms with E-state index in [0.29, 0.717) is 12.4 Å². The first-order chi connectivity index (χ1) is 6.33. The largest absolute Gasteiger partial charge is 0.331 e. The third kappa shape index (κ3) is 3.71. The summed E-state index contributed by atoms with van der Waals surface area (Å²) in [5.74, 6) is 0.500. The molecule has 1 aromatic heterocycles. The van der Waals surface area contributed by atoms with Crippen LogP contribution in [0.25, 0.3) is 0 Å². The lowest BCUT2D eigenvalue weighted by Gasteiger charge is -2.00. The fourth-order valence-corrected chi connectivity index (χ4v) is 0.954. The van der Waals surface area contributed by atoms with E-state index >= 15 is 0 Å². The Kier molecular flexibility index (Phi) is 3.98. The number of carbonyl (C=O) groups excluding carboxylic acids is 1. The van der Waals surface area contributed by atoms with E-state index in [-0.39, 0.29) is 5.91 Å². The number of hydrogen-bond donors (Lipinski definition) is 3. The summed E-state index contributed by atoms with van der Waals surface area (Å²) in [5, 5.41) is 5.63. The molecule has 0 bridgehead atoms. The van der Waals surface area contributed by atoms with Gasteiger partial charge in [-0.25, -0.2) is 4.98 Å². The Morgan fingerprint density at radius 2 is 2.54 bits per heavy atom. The molecule has 1 heterocycles. The average Bonchev–Trinajstić information content (AvgIpc) is 2.57. The van der Waals surface area contributed by atoms with Gasteiger partial charge in [0.2, 0.25) is 11.9 Å². The second kappa shape index (κ2) is 5.31. The van der Waals surface area contributed by atoms with Gasteiger partial charge < -0.3 is 10.3 Å². The topological polar surface area (TPSA) is 69.8 Å². The number of carbonyl (C=O) groups is 1. The van der Waals surface area contributed by atoms with Crippen molar-refractivity contribution in [1.82, 2.24) is 15.3 Å². The van der Waals surface area contributed by atoms with Crippen molar-refractivity contribution >= 4 is 11.9 Å². The maximum Gasteiger partial charge on any atom is 0.226 e. The summed E-state index contributed by atoms with van der Waals surface area (Å²) >= 11 is 0. The highest BCUT2D eigenvalue weighted by Gasteiger charge is 2.01. The number of H-pyrrole nitrogens is 1. The molecular formula is C8H14N4O. The van der Waals surface area contributed by atoms with Crippen LogP contribution in [0.4, 0.5) is 5.95 Å². The Bertz CT molecular complexity index is 245. The molecule has 0 aliphatic heterocycles. The molecule has 1 amide bonds. The lowest BCUT2D eigenvalue weighted by molar-refractivity contribution is -0.116. The van der Waals surface area contributed by atoms with Gasteiger partial charge in [0.15, 0.2) is 0 Å². The van der Waals surface area contributed by atoms with Crippen LogP contribution in [0.2, 0.25) is 0 Å². The summed E-state index contributed by atoms with van der Waals surface area (Å²) in [4.78, 5) is 17.9. The van der Waals surface area contributed by atoms with Crippen molar-refractivity contribution in [2.45, 2.75) is 12.8 Å². The molecule has 0 aromatic carbocycles. The van der Waals surface area contributed by atoms with Crippen molar-refractivity contribution < 1.29 is 4.79 Å². The van der Waals surface area contributed by atoms with Gasteiger partial charge in [0.05, 0.1) is 0 Å². The van der Waals surface area contributed by atoms with Crippen LogP contribution in [0.15, 0.2) is 12.4 Å². The Hall–Kier alpha value is -1.36. The van der Waals surface area contributed by atoms with Gasteiger partial charge in [-0.05, 0) is 20.0 Å². The fourth-order valence-electron chi connectivity index (χ4n) is 0.954. The summed E-state index contributed by atoms with van der Waals surface area (Å²) in [7, 11) is 1.87. The number of anilines is 1. The number of imidazole rings is 1.